The number of rotatable bonds is 3. The first-order valence-corrected chi connectivity index (χ1v) is 5.91. The summed E-state index contributed by atoms with van der Waals surface area (Å²) in [6.07, 6.45) is 0. The van der Waals surface area contributed by atoms with Crippen molar-refractivity contribution < 1.29 is 13.9 Å². The minimum absolute atomic E-state index is 0.167. The maximum atomic E-state index is 13.5. The van der Waals surface area contributed by atoms with E-state index >= 15 is 0 Å². The van der Waals surface area contributed by atoms with Crippen molar-refractivity contribution in [2.45, 2.75) is 0 Å². The van der Waals surface area contributed by atoms with Gasteiger partial charge in [-0.15, -0.1) is 0 Å². The van der Waals surface area contributed by atoms with Crippen molar-refractivity contribution >= 4 is 17.3 Å². The van der Waals surface area contributed by atoms with Crippen LogP contribution in [-0.4, -0.2) is 14.2 Å². The van der Waals surface area contributed by atoms with Gasteiger partial charge in [0.2, 0.25) is 0 Å². The summed E-state index contributed by atoms with van der Waals surface area (Å²) in [4.78, 5) is 0. The Kier molecular flexibility index (Phi) is 3.81. The van der Waals surface area contributed by atoms with Gasteiger partial charge in [-0.2, -0.15) is 0 Å². The minimum Gasteiger partial charge on any atom is -0.497 e. The standard InChI is InChI=1S/C14H13ClFNO2/c1-18-9-3-4-13(19-2)10(7-9)11-5-8(16)6-12(15)14(11)17/h3-7H,17H2,1-2H3. The number of ether oxygens (including phenoxy) is 2. The van der Waals surface area contributed by atoms with Gasteiger partial charge in [0, 0.05) is 11.1 Å². The van der Waals surface area contributed by atoms with Gasteiger partial charge in [0.15, 0.2) is 0 Å². The van der Waals surface area contributed by atoms with E-state index in [1.165, 1.54) is 19.2 Å². The minimum atomic E-state index is -0.459. The lowest BCUT2D eigenvalue weighted by molar-refractivity contribution is 0.404. The van der Waals surface area contributed by atoms with Gasteiger partial charge in [-0.3, -0.25) is 0 Å². The summed E-state index contributed by atoms with van der Waals surface area (Å²) in [6.45, 7) is 0. The van der Waals surface area contributed by atoms with Crippen molar-refractivity contribution in [3.8, 4) is 22.6 Å². The van der Waals surface area contributed by atoms with Crippen molar-refractivity contribution in [1.29, 1.82) is 0 Å². The third kappa shape index (κ3) is 2.58. The topological polar surface area (TPSA) is 44.5 Å². The molecule has 19 heavy (non-hydrogen) atoms. The van der Waals surface area contributed by atoms with E-state index in [2.05, 4.69) is 0 Å². The van der Waals surface area contributed by atoms with Crippen LogP contribution < -0.4 is 15.2 Å². The van der Waals surface area contributed by atoms with Crippen LogP contribution in [0.4, 0.5) is 10.1 Å². The molecule has 0 spiro atoms. The van der Waals surface area contributed by atoms with Crippen LogP contribution in [0, 0.1) is 5.82 Å². The van der Waals surface area contributed by atoms with Crippen molar-refractivity contribution in [3.63, 3.8) is 0 Å². The molecule has 0 aliphatic heterocycles. The molecule has 0 aliphatic carbocycles. The molecule has 0 radical (unpaired) electrons. The van der Waals surface area contributed by atoms with Crippen LogP contribution in [0.2, 0.25) is 5.02 Å². The highest BCUT2D eigenvalue weighted by Crippen LogP contribution is 2.39. The Labute approximate surface area is 115 Å². The molecule has 100 valence electrons. The third-order valence-corrected chi connectivity index (χ3v) is 3.10. The molecule has 0 aromatic heterocycles. The summed E-state index contributed by atoms with van der Waals surface area (Å²) >= 11 is 5.90. The van der Waals surface area contributed by atoms with Gasteiger partial charge in [0.1, 0.15) is 17.3 Å². The summed E-state index contributed by atoms with van der Waals surface area (Å²) in [5.74, 6) is 0.726. The summed E-state index contributed by atoms with van der Waals surface area (Å²) in [5, 5.41) is 0.167. The van der Waals surface area contributed by atoms with Gasteiger partial charge < -0.3 is 15.2 Å². The fraction of sp³-hybridized carbons (Fsp3) is 0.143. The van der Waals surface area contributed by atoms with Gasteiger partial charge in [0.05, 0.1) is 24.9 Å². The smallest absolute Gasteiger partial charge is 0.127 e. The second-order valence-corrected chi connectivity index (χ2v) is 4.32. The number of nitrogen functional groups attached to an aromatic ring is 1. The number of halogens is 2. The normalized spacial score (nSPS) is 10.3. The first-order chi connectivity index (χ1) is 9.06. The van der Waals surface area contributed by atoms with Gasteiger partial charge in [-0.05, 0) is 30.3 Å². The predicted octanol–water partition coefficient (Wildman–Crippen LogP) is 3.75. The largest absolute Gasteiger partial charge is 0.497 e. The van der Waals surface area contributed by atoms with E-state index in [4.69, 9.17) is 26.8 Å². The summed E-state index contributed by atoms with van der Waals surface area (Å²) in [7, 11) is 3.08. The first-order valence-electron chi connectivity index (χ1n) is 5.53. The predicted molar refractivity (Wildman–Crippen MR) is 74.4 cm³/mol. The Balaban J connectivity index is 2.69. The highest BCUT2D eigenvalue weighted by atomic mass is 35.5. The fourth-order valence-electron chi connectivity index (χ4n) is 1.83. The number of anilines is 1. The van der Waals surface area contributed by atoms with Gasteiger partial charge in [-0.1, -0.05) is 11.6 Å². The van der Waals surface area contributed by atoms with E-state index < -0.39 is 5.82 Å². The average Bonchev–Trinajstić information content (AvgIpc) is 2.42. The van der Waals surface area contributed by atoms with Crippen LogP contribution in [0.3, 0.4) is 0 Å². The molecule has 0 atom stereocenters. The Morgan fingerprint density at radius 2 is 1.79 bits per heavy atom. The monoisotopic (exact) mass is 281 g/mol. The van der Waals surface area contributed by atoms with Gasteiger partial charge >= 0.3 is 0 Å². The average molecular weight is 282 g/mol. The lowest BCUT2D eigenvalue weighted by Gasteiger charge is -2.13. The zero-order valence-electron chi connectivity index (χ0n) is 10.5. The quantitative estimate of drug-likeness (QED) is 0.872. The molecule has 3 nitrogen and oxygen atoms in total. The molecule has 0 amide bonds. The second-order valence-electron chi connectivity index (χ2n) is 3.92. The molecule has 0 saturated carbocycles. The first kappa shape index (κ1) is 13.5. The Hall–Kier alpha value is -1.94. The molecule has 0 unspecified atom stereocenters. The molecular formula is C14H13ClFNO2. The van der Waals surface area contributed by atoms with E-state index in [-0.39, 0.29) is 5.02 Å². The molecule has 2 rings (SSSR count). The van der Waals surface area contributed by atoms with Crippen molar-refractivity contribution in [1.82, 2.24) is 0 Å². The summed E-state index contributed by atoms with van der Waals surface area (Å²) in [6, 6.07) is 7.69. The molecule has 2 aromatic rings. The lowest BCUT2D eigenvalue weighted by atomic mass is 10.0. The lowest BCUT2D eigenvalue weighted by Crippen LogP contribution is -1.96. The Bertz CT molecular complexity index is 617. The SMILES string of the molecule is COc1ccc(OC)c(-c2cc(F)cc(Cl)c2N)c1. The zero-order valence-corrected chi connectivity index (χ0v) is 11.3. The summed E-state index contributed by atoms with van der Waals surface area (Å²) in [5.41, 5.74) is 7.30. The van der Waals surface area contributed by atoms with E-state index in [1.807, 2.05) is 0 Å². The number of hydrogen-bond donors (Lipinski definition) is 1. The fourth-order valence-corrected chi connectivity index (χ4v) is 2.04. The van der Waals surface area contributed by atoms with E-state index in [0.717, 1.165) is 0 Å². The highest BCUT2D eigenvalue weighted by Gasteiger charge is 2.14. The molecular weight excluding hydrogens is 269 g/mol. The van der Waals surface area contributed by atoms with Crippen molar-refractivity contribution in [3.05, 3.63) is 41.2 Å². The number of nitrogens with two attached hydrogens (primary N) is 1. The molecule has 2 N–H and O–H groups in total. The maximum absolute atomic E-state index is 13.5. The van der Waals surface area contributed by atoms with Crippen LogP contribution >= 0.6 is 11.6 Å². The van der Waals surface area contributed by atoms with E-state index in [0.29, 0.717) is 28.3 Å². The second kappa shape index (κ2) is 5.36. The molecule has 2 aromatic carbocycles. The van der Waals surface area contributed by atoms with Crippen LogP contribution in [0.1, 0.15) is 0 Å². The Morgan fingerprint density at radius 1 is 1.05 bits per heavy atom. The molecule has 5 heteroatoms. The van der Waals surface area contributed by atoms with E-state index in [1.54, 1.807) is 25.3 Å². The Morgan fingerprint density at radius 3 is 2.42 bits per heavy atom. The molecule has 0 heterocycles. The van der Waals surface area contributed by atoms with E-state index in [9.17, 15) is 4.39 Å². The highest BCUT2D eigenvalue weighted by molar-refractivity contribution is 6.33. The van der Waals surface area contributed by atoms with Crippen LogP contribution in [-0.2, 0) is 0 Å². The maximum Gasteiger partial charge on any atom is 0.127 e. The van der Waals surface area contributed by atoms with Crippen molar-refractivity contribution in [2.75, 3.05) is 20.0 Å². The number of methoxy groups -OCH3 is 2. The molecule has 0 aliphatic rings. The van der Waals surface area contributed by atoms with Crippen LogP contribution in [0.25, 0.3) is 11.1 Å². The molecule has 0 fully saturated rings. The van der Waals surface area contributed by atoms with Crippen molar-refractivity contribution in [2.24, 2.45) is 0 Å². The third-order valence-electron chi connectivity index (χ3n) is 2.79. The number of hydrogen-bond acceptors (Lipinski definition) is 3. The van der Waals surface area contributed by atoms with Crippen LogP contribution in [0.15, 0.2) is 30.3 Å². The van der Waals surface area contributed by atoms with Crippen LogP contribution in [0.5, 0.6) is 11.5 Å². The molecule has 0 saturated heterocycles. The van der Waals surface area contributed by atoms with Gasteiger partial charge in [-0.25, -0.2) is 4.39 Å². The zero-order chi connectivity index (χ0) is 14.0. The molecule has 0 bridgehead atoms. The summed E-state index contributed by atoms with van der Waals surface area (Å²) < 4.78 is 23.9. The van der Waals surface area contributed by atoms with Gasteiger partial charge in [0.25, 0.3) is 0 Å². The number of benzene rings is 2.